The highest BCUT2D eigenvalue weighted by molar-refractivity contribution is 5.15. The van der Waals surface area contributed by atoms with E-state index in [0.29, 0.717) is 0 Å². The van der Waals surface area contributed by atoms with Crippen LogP contribution < -0.4 is 0 Å². The summed E-state index contributed by atoms with van der Waals surface area (Å²) >= 11 is 0. The lowest BCUT2D eigenvalue weighted by Crippen LogP contribution is -2.57. The molecule has 7 heteroatoms. The van der Waals surface area contributed by atoms with Gasteiger partial charge in [-0.05, 0) is 0 Å². The second-order valence-corrected chi connectivity index (χ2v) is 3.21. The molecular weight excluding hydrogens is 220 g/mol. The number of rotatable bonds is 4. The van der Waals surface area contributed by atoms with E-state index in [1.54, 1.807) is 0 Å². The molecule has 3 atom stereocenters. The van der Waals surface area contributed by atoms with Crippen molar-refractivity contribution in [3.63, 3.8) is 0 Å². The molecule has 3 N–H and O–H groups in total. The standard InChI is InChI=1S/C9H16O7/c1-13-7-8(14-2)16-5(4-10)6(11)9(7,12)15-3/h5-6,10-12H,4H2,1-3H3/t5-,6-,9-/m1/s1. The van der Waals surface area contributed by atoms with Crippen molar-refractivity contribution in [2.24, 2.45) is 0 Å². The van der Waals surface area contributed by atoms with Crippen LogP contribution in [0.2, 0.25) is 0 Å². The van der Waals surface area contributed by atoms with E-state index in [2.05, 4.69) is 0 Å². The molecule has 0 aromatic rings. The van der Waals surface area contributed by atoms with Crippen LogP contribution in [-0.4, -0.2) is 61.3 Å². The van der Waals surface area contributed by atoms with Crippen LogP contribution in [0.1, 0.15) is 0 Å². The summed E-state index contributed by atoms with van der Waals surface area (Å²) in [4.78, 5) is 0. The summed E-state index contributed by atoms with van der Waals surface area (Å²) in [5.74, 6) is -2.43. The SMILES string of the molecule is COC1=C(OC)[C@](O)(OC)[C@H](O)[C@@H](CO)O1. The number of aliphatic hydroxyl groups excluding tert-OH is 2. The zero-order valence-electron chi connectivity index (χ0n) is 9.34. The Morgan fingerprint density at radius 2 is 1.94 bits per heavy atom. The van der Waals surface area contributed by atoms with E-state index in [-0.39, 0.29) is 11.7 Å². The third kappa shape index (κ3) is 1.82. The second kappa shape index (κ2) is 4.88. The molecule has 0 fully saturated rings. The molecule has 0 bridgehead atoms. The number of hydrogen-bond donors (Lipinski definition) is 3. The van der Waals surface area contributed by atoms with Gasteiger partial charge in [-0.25, -0.2) is 0 Å². The van der Waals surface area contributed by atoms with Gasteiger partial charge in [-0.3, -0.25) is 0 Å². The monoisotopic (exact) mass is 236 g/mol. The Hall–Kier alpha value is -1.02. The van der Waals surface area contributed by atoms with E-state index >= 15 is 0 Å². The lowest BCUT2D eigenvalue weighted by Gasteiger charge is -2.40. The van der Waals surface area contributed by atoms with E-state index < -0.39 is 24.6 Å². The lowest BCUT2D eigenvalue weighted by atomic mass is 10.0. The molecule has 0 aromatic heterocycles. The van der Waals surface area contributed by atoms with Crippen molar-refractivity contribution >= 4 is 0 Å². The van der Waals surface area contributed by atoms with E-state index in [9.17, 15) is 10.2 Å². The molecule has 1 aliphatic rings. The second-order valence-electron chi connectivity index (χ2n) is 3.21. The molecule has 0 radical (unpaired) electrons. The van der Waals surface area contributed by atoms with Crippen LogP contribution >= 0.6 is 0 Å². The zero-order valence-corrected chi connectivity index (χ0v) is 9.34. The maximum Gasteiger partial charge on any atom is 0.325 e. The Balaban J connectivity index is 3.18. The van der Waals surface area contributed by atoms with Crippen molar-refractivity contribution in [3.8, 4) is 0 Å². The van der Waals surface area contributed by atoms with Crippen LogP contribution in [0, 0.1) is 0 Å². The Labute approximate surface area is 92.8 Å². The topological polar surface area (TPSA) is 97.6 Å². The van der Waals surface area contributed by atoms with Gasteiger partial charge >= 0.3 is 5.95 Å². The minimum atomic E-state index is -2.11. The first-order chi connectivity index (χ1) is 7.54. The van der Waals surface area contributed by atoms with Gasteiger partial charge < -0.3 is 34.3 Å². The van der Waals surface area contributed by atoms with E-state index in [1.807, 2.05) is 0 Å². The number of methoxy groups -OCH3 is 3. The predicted octanol–water partition coefficient (Wildman–Crippen LogP) is -1.46. The molecule has 0 amide bonds. The summed E-state index contributed by atoms with van der Waals surface area (Å²) in [5, 5.41) is 28.8. The van der Waals surface area contributed by atoms with Crippen LogP contribution in [0.3, 0.4) is 0 Å². The first kappa shape index (κ1) is 13.0. The number of aliphatic hydroxyl groups is 3. The number of hydrogen-bond acceptors (Lipinski definition) is 7. The summed E-state index contributed by atoms with van der Waals surface area (Å²) < 4.78 is 19.6. The molecule has 0 aromatic carbocycles. The van der Waals surface area contributed by atoms with E-state index in [4.69, 9.17) is 24.1 Å². The van der Waals surface area contributed by atoms with Gasteiger partial charge in [0.15, 0.2) is 12.2 Å². The van der Waals surface area contributed by atoms with Gasteiger partial charge in [0.05, 0.1) is 20.8 Å². The Morgan fingerprint density at radius 1 is 1.31 bits per heavy atom. The molecule has 7 nitrogen and oxygen atoms in total. The summed E-state index contributed by atoms with van der Waals surface area (Å²) in [7, 11) is 3.76. The zero-order chi connectivity index (χ0) is 12.3. The van der Waals surface area contributed by atoms with Crippen molar-refractivity contribution in [3.05, 3.63) is 11.7 Å². The fourth-order valence-electron chi connectivity index (χ4n) is 1.51. The van der Waals surface area contributed by atoms with Crippen LogP contribution in [-0.2, 0) is 18.9 Å². The van der Waals surface area contributed by atoms with Gasteiger partial charge in [0.2, 0.25) is 5.76 Å². The first-order valence-electron chi connectivity index (χ1n) is 4.61. The quantitative estimate of drug-likeness (QED) is 0.513. The molecule has 94 valence electrons. The summed E-state index contributed by atoms with van der Waals surface area (Å²) in [6.07, 6.45) is -2.55. The normalized spacial score (nSPS) is 34.6. The van der Waals surface area contributed by atoms with Gasteiger partial charge in [-0.2, -0.15) is 0 Å². The largest absolute Gasteiger partial charge is 0.490 e. The molecule has 0 saturated carbocycles. The van der Waals surface area contributed by atoms with Gasteiger partial charge in [0.1, 0.15) is 0 Å². The van der Waals surface area contributed by atoms with Crippen LogP contribution in [0.25, 0.3) is 0 Å². The maximum atomic E-state index is 10.1. The van der Waals surface area contributed by atoms with Crippen molar-refractivity contribution in [1.29, 1.82) is 0 Å². The average molecular weight is 236 g/mol. The molecule has 0 spiro atoms. The van der Waals surface area contributed by atoms with Gasteiger partial charge in [-0.15, -0.1) is 0 Å². The minimum Gasteiger partial charge on any atom is -0.490 e. The Morgan fingerprint density at radius 3 is 2.31 bits per heavy atom. The molecule has 0 unspecified atom stereocenters. The van der Waals surface area contributed by atoms with Gasteiger partial charge in [0, 0.05) is 7.11 Å². The van der Waals surface area contributed by atoms with Crippen molar-refractivity contribution in [2.75, 3.05) is 27.9 Å². The molecule has 1 heterocycles. The molecular formula is C9H16O7. The molecule has 1 aliphatic heterocycles. The van der Waals surface area contributed by atoms with Crippen LogP contribution in [0.5, 0.6) is 0 Å². The van der Waals surface area contributed by atoms with Crippen molar-refractivity contribution in [2.45, 2.75) is 18.0 Å². The van der Waals surface area contributed by atoms with E-state index in [1.165, 1.54) is 21.3 Å². The molecule has 16 heavy (non-hydrogen) atoms. The third-order valence-corrected chi connectivity index (χ3v) is 2.40. The van der Waals surface area contributed by atoms with Crippen molar-refractivity contribution < 1.29 is 34.3 Å². The highest BCUT2D eigenvalue weighted by Gasteiger charge is 2.53. The Bertz CT molecular complexity index is 277. The third-order valence-electron chi connectivity index (χ3n) is 2.40. The lowest BCUT2D eigenvalue weighted by molar-refractivity contribution is -0.285. The predicted molar refractivity (Wildman–Crippen MR) is 51.0 cm³/mol. The Kier molecular flexibility index (Phi) is 3.98. The summed E-state index contributed by atoms with van der Waals surface area (Å²) in [6, 6.07) is 0. The first-order valence-corrected chi connectivity index (χ1v) is 4.61. The fraction of sp³-hybridized carbons (Fsp3) is 0.778. The molecule has 1 rings (SSSR count). The van der Waals surface area contributed by atoms with Gasteiger partial charge in [-0.1, -0.05) is 0 Å². The minimum absolute atomic E-state index is 0.142. The van der Waals surface area contributed by atoms with Crippen LogP contribution in [0.15, 0.2) is 11.7 Å². The summed E-state index contributed by atoms with van der Waals surface area (Å²) in [5.41, 5.74) is 0. The average Bonchev–Trinajstić information content (AvgIpc) is 2.32. The smallest absolute Gasteiger partial charge is 0.325 e. The molecule has 0 saturated heterocycles. The maximum absolute atomic E-state index is 10.1. The fourth-order valence-corrected chi connectivity index (χ4v) is 1.51. The van der Waals surface area contributed by atoms with E-state index in [0.717, 1.165) is 0 Å². The molecule has 0 aliphatic carbocycles. The highest BCUT2D eigenvalue weighted by Crippen LogP contribution is 2.34. The summed E-state index contributed by atoms with van der Waals surface area (Å²) in [6.45, 7) is -0.503. The van der Waals surface area contributed by atoms with Crippen molar-refractivity contribution in [1.82, 2.24) is 0 Å². The number of ether oxygens (including phenoxy) is 4. The van der Waals surface area contributed by atoms with Gasteiger partial charge in [0.25, 0.3) is 5.79 Å². The van der Waals surface area contributed by atoms with Crippen LogP contribution in [0.4, 0.5) is 0 Å². The highest BCUT2D eigenvalue weighted by atomic mass is 16.7.